The van der Waals surface area contributed by atoms with Gasteiger partial charge in [-0.25, -0.2) is 0 Å². The first-order chi connectivity index (χ1) is 18.6. The van der Waals surface area contributed by atoms with E-state index in [0.29, 0.717) is 30.6 Å². The molecule has 202 valence electrons. The van der Waals surface area contributed by atoms with Crippen molar-refractivity contribution in [1.29, 1.82) is 0 Å². The fourth-order valence-corrected chi connectivity index (χ4v) is 6.06. The number of H-pyrrole nitrogens is 1. The Morgan fingerprint density at radius 1 is 0.947 bits per heavy atom. The molecule has 2 fully saturated rings. The molecule has 0 radical (unpaired) electrons. The molecule has 1 aliphatic carbocycles. The summed E-state index contributed by atoms with van der Waals surface area (Å²) in [5.74, 6) is -0.334. The molecule has 38 heavy (non-hydrogen) atoms. The minimum absolute atomic E-state index is 0.117. The van der Waals surface area contributed by atoms with Crippen LogP contribution in [0.4, 0.5) is 0 Å². The summed E-state index contributed by atoms with van der Waals surface area (Å²) in [5.41, 5.74) is 2.86. The van der Waals surface area contributed by atoms with Crippen LogP contribution in [0, 0.1) is 0 Å². The summed E-state index contributed by atoms with van der Waals surface area (Å²) in [6, 6.07) is 15.5. The van der Waals surface area contributed by atoms with Crippen LogP contribution in [0.15, 0.2) is 54.7 Å². The zero-order chi connectivity index (χ0) is 26.3. The van der Waals surface area contributed by atoms with Crippen LogP contribution in [-0.4, -0.2) is 71.4 Å². The lowest BCUT2D eigenvalue weighted by Gasteiger charge is -2.40. The highest BCUT2D eigenvalue weighted by Crippen LogP contribution is 2.23. The lowest BCUT2D eigenvalue weighted by molar-refractivity contribution is -0.129. The van der Waals surface area contributed by atoms with E-state index < -0.39 is 6.04 Å². The van der Waals surface area contributed by atoms with Crippen LogP contribution in [0.5, 0.6) is 0 Å². The van der Waals surface area contributed by atoms with E-state index in [2.05, 4.69) is 25.4 Å². The third kappa shape index (κ3) is 6.76. The number of piperazine rings is 1. The number of carbonyl (C=O) groups excluding carboxylic acids is 2. The van der Waals surface area contributed by atoms with Gasteiger partial charge in [0, 0.05) is 67.3 Å². The van der Waals surface area contributed by atoms with Crippen molar-refractivity contribution in [3.05, 3.63) is 70.9 Å². The fraction of sp³-hybridized carbons (Fsp3) is 0.467. The number of hydrogen-bond acceptors (Lipinski definition) is 4. The zero-order valence-electron chi connectivity index (χ0n) is 21.9. The number of para-hydroxylation sites is 1. The smallest absolute Gasteiger partial charge is 0.243 e. The molecular weight excluding hydrogens is 498 g/mol. The number of amides is 2. The van der Waals surface area contributed by atoms with Gasteiger partial charge >= 0.3 is 0 Å². The van der Waals surface area contributed by atoms with E-state index in [-0.39, 0.29) is 11.8 Å². The number of aromatic nitrogens is 1. The standard InChI is InChI=1S/C30H38ClN5O2/c31-26-12-6-4-8-22(26)19-33-30(38)28(18-23-20-32-27-13-7-5-11-25(23)27)34-29(37)21-35-14-16-36(17-15-35)24-9-2-1-3-10-24/h4-8,11-13,20,24,28,32H,1-3,9-10,14-19,21H2,(H,33,38)(H,34,37). The summed E-state index contributed by atoms with van der Waals surface area (Å²) in [6.07, 6.45) is 8.98. The van der Waals surface area contributed by atoms with Gasteiger partial charge in [0.1, 0.15) is 6.04 Å². The second-order valence-electron chi connectivity index (χ2n) is 10.6. The summed E-state index contributed by atoms with van der Waals surface area (Å²) in [6.45, 7) is 4.40. The molecule has 1 aliphatic heterocycles. The summed E-state index contributed by atoms with van der Waals surface area (Å²) in [5, 5.41) is 7.69. The minimum atomic E-state index is -0.687. The molecule has 1 unspecified atom stereocenters. The SMILES string of the molecule is O=C(CN1CCN(C2CCCCC2)CC1)NC(Cc1c[nH]c2ccccc12)C(=O)NCc1ccccc1Cl. The minimum Gasteiger partial charge on any atom is -0.361 e. The van der Waals surface area contributed by atoms with Crippen molar-refractivity contribution in [2.24, 2.45) is 0 Å². The Bertz CT molecular complexity index is 1230. The topological polar surface area (TPSA) is 80.5 Å². The molecule has 8 heteroatoms. The first-order valence-corrected chi connectivity index (χ1v) is 14.3. The maximum atomic E-state index is 13.3. The quantitative estimate of drug-likeness (QED) is 0.385. The van der Waals surface area contributed by atoms with Gasteiger partial charge in [-0.2, -0.15) is 0 Å². The Labute approximate surface area is 229 Å². The van der Waals surface area contributed by atoms with Gasteiger partial charge in [0.2, 0.25) is 11.8 Å². The molecule has 0 spiro atoms. The van der Waals surface area contributed by atoms with Crippen molar-refractivity contribution < 1.29 is 9.59 Å². The van der Waals surface area contributed by atoms with Gasteiger partial charge < -0.3 is 15.6 Å². The molecule has 0 bridgehead atoms. The highest BCUT2D eigenvalue weighted by atomic mass is 35.5. The van der Waals surface area contributed by atoms with Crippen LogP contribution in [0.25, 0.3) is 10.9 Å². The van der Waals surface area contributed by atoms with Crippen molar-refractivity contribution in [3.63, 3.8) is 0 Å². The van der Waals surface area contributed by atoms with Crippen LogP contribution >= 0.6 is 11.6 Å². The third-order valence-electron chi connectivity index (χ3n) is 8.03. The maximum absolute atomic E-state index is 13.3. The van der Waals surface area contributed by atoms with Crippen LogP contribution in [0.3, 0.4) is 0 Å². The predicted molar refractivity (Wildman–Crippen MR) is 152 cm³/mol. The number of halogens is 1. The molecule has 2 aromatic carbocycles. The average molecular weight is 536 g/mol. The number of carbonyl (C=O) groups is 2. The number of rotatable bonds is 9. The van der Waals surface area contributed by atoms with E-state index in [4.69, 9.17) is 11.6 Å². The van der Waals surface area contributed by atoms with E-state index >= 15 is 0 Å². The Morgan fingerprint density at radius 3 is 2.47 bits per heavy atom. The lowest BCUT2D eigenvalue weighted by atomic mass is 9.94. The van der Waals surface area contributed by atoms with E-state index in [1.807, 2.05) is 54.7 Å². The van der Waals surface area contributed by atoms with Crippen molar-refractivity contribution >= 4 is 34.3 Å². The molecule has 2 aliphatic rings. The Morgan fingerprint density at radius 2 is 1.68 bits per heavy atom. The number of fused-ring (bicyclic) bond motifs is 1. The monoisotopic (exact) mass is 535 g/mol. The average Bonchev–Trinajstić information content (AvgIpc) is 3.36. The first-order valence-electron chi connectivity index (χ1n) is 13.9. The van der Waals surface area contributed by atoms with Crippen LogP contribution in [0.1, 0.15) is 43.2 Å². The normalized spacial score (nSPS) is 18.3. The Hall–Kier alpha value is -2.87. The molecule has 2 heterocycles. The van der Waals surface area contributed by atoms with Crippen LogP contribution in [0.2, 0.25) is 5.02 Å². The van der Waals surface area contributed by atoms with Gasteiger partial charge in [0.15, 0.2) is 0 Å². The fourth-order valence-electron chi connectivity index (χ4n) is 5.85. The second kappa shape index (κ2) is 12.8. The highest BCUT2D eigenvalue weighted by Gasteiger charge is 2.27. The predicted octanol–water partition coefficient (Wildman–Crippen LogP) is 4.12. The van der Waals surface area contributed by atoms with E-state index in [1.165, 1.54) is 32.1 Å². The third-order valence-corrected chi connectivity index (χ3v) is 8.40. The van der Waals surface area contributed by atoms with Gasteiger partial charge in [0.25, 0.3) is 0 Å². The molecule has 3 N–H and O–H groups in total. The van der Waals surface area contributed by atoms with E-state index in [0.717, 1.165) is 48.2 Å². The molecular formula is C30H38ClN5O2. The Balaban J connectivity index is 1.20. The van der Waals surface area contributed by atoms with Crippen molar-refractivity contribution in [2.75, 3.05) is 32.7 Å². The molecule has 1 saturated carbocycles. The second-order valence-corrected chi connectivity index (χ2v) is 11.0. The van der Waals surface area contributed by atoms with Gasteiger partial charge in [0.05, 0.1) is 6.54 Å². The molecule has 5 rings (SSSR count). The number of hydrogen-bond donors (Lipinski definition) is 3. The number of benzene rings is 2. The van der Waals surface area contributed by atoms with E-state index in [1.54, 1.807) is 0 Å². The summed E-state index contributed by atoms with van der Waals surface area (Å²) < 4.78 is 0. The number of aromatic amines is 1. The molecule has 3 aromatic rings. The molecule has 1 atom stereocenters. The van der Waals surface area contributed by atoms with Crippen LogP contribution in [-0.2, 0) is 22.6 Å². The van der Waals surface area contributed by atoms with Crippen LogP contribution < -0.4 is 10.6 Å². The molecule has 2 amide bonds. The van der Waals surface area contributed by atoms with Gasteiger partial charge in [-0.15, -0.1) is 0 Å². The summed E-state index contributed by atoms with van der Waals surface area (Å²) in [4.78, 5) is 34.6. The summed E-state index contributed by atoms with van der Waals surface area (Å²) in [7, 11) is 0. The van der Waals surface area contributed by atoms with Crippen molar-refractivity contribution in [2.45, 2.75) is 57.2 Å². The van der Waals surface area contributed by atoms with Gasteiger partial charge in [-0.3, -0.25) is 19.4 Å². The van der Waals surface area contributed by atoms with E-state index in [9.17, 15) is 9.59 Å². The van der Waals surface area contributed by atoms with Gasteiger partial charge in [-0.05, 0) is 36.1 Å². The number of nitrogens with zero attached hydrogens (tertiary/aromatic N) is 2. The van der Waals surface area contributed by atoms with Crippen molar-refractivity contribution in [1.82, 2.24) is 25.4 Å². The molecule has 7 nitrogen and oxygen atoms in total. The maximum Gasteiger partial charge on any atom is 0.243 e. The van der Waals surface area contributed by atoms with Crippen molar-refractivity contribution in [3.8, 4) is 0 Å². The first kappa shape index (κ1) is 26.7. The zero-order valence-corrected chi connectivity index (χ0v) is 22.7. The molecule has 1 saturated heterocycles. The largest absolute Gasteiger partial charge is 0.361 e. The number of nitrogens with one attached hydrogen (secondary N) is 3. The summed E-state index contributed by atoms with van der Waals surface area (Å²) >= 11 is 6.29. The Kier molecular flexibility index (Phi) is 8.99. The van der Waals surface area contributed by atoms with Gasteiger partial charge in [-0.1, -0.05) is 67.3 Å². The lowest BCUT2D eigenvalue weighted by Crippen LogP contribution is -2.54. The highest BCUT2D eigenvalue weighted by molar-refractivity contribution is 6.31. The molecule has 1 aromatic heterocycles.